The predicted octanol–water partition coefficient (Wildman–Crippen LogP) is 3.06. The fraction of sp³-hybridized carbons (Fsp3) is 0.850. The zero-order chi connectivity index (χ0) is 19.5. The highest BCUT2D eigenvalue weighted by molar-refractivity contribution is 14.0. The molecule has 2 unspecified atom stereocenters. The van der Waals surface area contributed by atoms with E-state index in [-0.39, 0.29) is 24.0 Å². The van der Waals surface area contributed by atoms with Gasteiger partial charge in [0.05, 0.1) is 0 Å². The minimum absolute atomic E-state index is 0. The molecule has 2 atom stereocenters. The normalized spacial score (nSPS) is 19.1. The molecule has 0 radical (unpaired) electrons. The van der Waals surface area contributed by atoms with Gasteiger partial charge in [0.2, 0.25) is 0 Å². The summed E-state index contributed by atoms with van der Waals surface area (Å²) in [6.07, 6.45) is 8.98. The van der Waals surface area contributed by atoms with Crippen molar-refractivity contribution in [3.63, 3.8) is 0 Å². The standard InChI is InChI=1S/C20H39N7.HI/c1-5-17(3)24-20(22-12-15-27-16-23-25-19(27)6-2)21-11-9-14-26-13-8-7-10-18(26)4;/h16-18H,5-15H2,1-4H3,(H2,21,22,24);1H. The lowest BCUT2D eigenvalue weighted by atomic mass is 10.0. The number of halogens is 1. The zero-order valence-electron chi connectivity index (χ0n) is 18.2. The highest BCUT2D eigenvalue weighted by atomic mass is 127. The van der Waals surface area contributed by atoms with Gasteiger partial charge in [-0.3, -0.25) is 4.99 Å². The van der Waals surface area contributed by atoms with Gasteiger partial charge in [0.25, 0.3) is 0 Å². The first-order valence-electron chi connectivity index (χ1n) is 10.8. The molecule has 2 N–H and O–H groups in total. The van der Waals surface area contributed by atoms with Crippen molar-refractivity contribution in [3.05, 3.63) is 12.2 Å². The maximum Gasteiger partial charge on any atom is 0.191 e. The quantitative estimate of drug-likeness (QED) is 0.222. The molecule has 7 nitrogen and oxygen atoms in total. The maximum absolute atomic E-state index is 4.81. The monoisotopic (exact) mass is 505 g/mol. The lowest BCUT2D eigenvalue weighted by Crippen LogP contribution is -2.43. The summed E-state index contributed by atoms with van der Waals surface area (Å²) in [7, 11) is 0. The van der Waals surface area contributed by atoms with Crippen LogP contribution in [0.1, 0.15) is 65.6 Å². The molecule has 162 valence electrons. The molecule has 1 saturated heterocycles. The summed E-state index contributed by atoms with van der Waals surface area (Å²) in [6.45, 7) is 13.8. The highest BCUT2D eigenvalue weighted by Gasteiger charge is 2.17. The van der Waals surface area contributed by atoms with Crippen molar-refractivity contribution in [3.8, 4) is 0 Å². The molecule has 0 bridgehead atoms. The molecule has 1 fully saturated rings. The minimum atomic E-state index is 0. The Balaban J connectivity index is 0.00000392. The molecule has 28 heavy (non-hydrogen) atoms. The van der Waals surface area contributed by atoms with Crippen LogP contribution in [0.5, 0.6) is 0 Å². The summed E-state index contributed by atoms with van der Waals surface area (Å²) in [5.41, 5.74) is 0. The van der Waals surface area contributed by atoms with Crippen LogP contribution in [0.3, 0.4) is 0 Å². The molecule has 0 aromatic carbocycles. The van der Waals surface area contributed by atoms with Gasteiger partial charge in [-0.15, -0.1) is 34.2 Å². The third-order valence-electron chi connectivity index (χ3n) is 5.47. The van der Waals surface area contributed by atoms with Gasteiger partial charge in [-0.2, -0.15) is 0 Å². The van der Waals surface area contributed by atoms with E-state index in [2.05, 4.69) is 58.0 Å². The Kier molecular flexibility index (Phi) is 12.7. The van der Waals surface area contributed by atoms with Crippen molar-refractivity contribution < 1.29 is 0 Å². The molecule has 2 rings (SSSR count). The van der Waals surface area contributed by atoms with E-state index in [1.807, 2.05) is 0 Å². The first-order chi connectivity index (χ1) is 13.1. The summed E-state index contributed by atoms with van der Waals surface area (Å²) in [6, 6.07) is 1.15. The third-order valence-corrected chi connectivity index (χ3v) is 5.47. The van der Waals surface area contributed by atoms with E-state index < -0.39 is 0 Å². The molecule has 0 aliphatic carbocycles. The minimum Gasteiger partial charge on any atom is -0.355 e. The zero-order valence-corrected chi connectivity index (χ0v) is 20.5. The summed E-state index contributed by atoms with van der Waals surface area (Å²) >= 11 is 0. The Morgan fingerprint density at radius 1 is 1.32 bits per heavy atom. The van der Waals surface area contributed by atoms with E-state index in [9.17, 15) is 0 Å². The number of aromatic nitrogens is 3. The van der Waals surface area contributed by atoms with Crippen LogP contribution < -0.4 is 10.6 Å². The van der Waals surface area contributed by atoms with Crippen LogP contribution in [0.15, 0.2) is 11.3 Å². The van der Waals surface area contributed by atoms with Crippen LogP contribution in [0.25, 0.3) is 0 Å². The summed E-state index contributed by atoms with van der Waals surface area (Å²) < 4.78 is 2.10. The second-order valence-electron chi connectivity index (χ2n) is 7.64. The van der Waals surface area contributed by atoms with Crippen molar-refractivity contribution in [2.45, 2.75) is 84.8 Å². The van der Waals surface area contributed by atoms with Crippen LogP contribution in [0, 0.1) is 0 Å². The smallest absolute Gasteiger partial charge is 0.191 e. The molecule has 8 heteroatoms. The van der Waals surface area contributed by atoms with Crippen LogP contribution in [-0.4, -0.2) is 63.9 Å². The molecule has 1 aromatic rings. The van der Waals surface area contributed by atoms with Crippen LogP contribution in [0.4, 0.5) is 0 Å². The fourth-order valence-electron chi connectivity index (χ4n) is 3.48. The molecule has 0 amide bonds. The van der Waals surface area contributed by atoms with Gasteiger partial charge < -0.3 is 20.1 Å². The van der Waals surface area contributed by atoms with Crippen LogP contribution >= 0.6 is 24.0 Å². The van der Waals surface area contributed by atoms with Gasteiger partial charge in [-0.25, -0.2) is 0 Å². The van der Waals surface area contributed by atoms with E-state index >= 15 is 0 Å². The first-order valence-corrected chi connectivity index (χ1v) is 10.8. The number of aryl methyl sites for hydroxylation is 1. The molecule has 2 heterocycles. The van der Waals surface area contributed by atoms with Crippen molar-refractivity contribution in [1.82, 2.24) is 30.3 Å². The first kappa shape index (κ1) is 25.1. The number of hydrogen-bond acceptors (Lipinski definition) is 4. The Labute approximate surface area is 188 Å². The van der Waals surface area contributed by atoms with Crippen molar-refractivity contribution in [1.29, 1.82) is 0 Å². The number of nitrogens with one attached hydrogen (secondary N) is 2. The van der Waals surface area contributed by atoms with E-state index in [0.29, 0.717) is 6.04 Å². The van der Waals surface area contributed by atoms with E-state index in [4.69, 9.17) is 4.99 Å². The van der Waals surface area contributed by atoms with Gasteiger partial charge in [0.15, 0.2) is 5.96 Å². The number of guanidine groups is 1. The Morgan fingerprint density at radius 2 is 2.14 bits per heavy atom. The largest absolute Gasteiger partial charge is 0.355 e. The molecule has 1 aliphatic heterocycles. The van der Waals surface area contributed by atoms with E-state index in [0.717, 1.165) is 63.3 Å². The number of rotatable bonds is 10. The molecular formula is C20H40IN7. The fourth-order valence-corrected chi connectivity index (χ4v) is 3.48. The molecular weight excluding hydrogens is 465 g/mol. The SMILES string of the molecule is CCc1nncn1CCNC(=NCCCN1CCCCC1C)NC(C)CC.I. The van der Waals surface area contributed by atoms with Gasteiger partial charge in [-0.05, 0) is 46.1 Å². The lowest BCUT2D eigenvalue weighted by molar-refractivity contribution is 0.160. The summed E-state index contributed by atoms with van der Waals surface area (Å²) in [4.78, 5) is 7.43. The molecule has 0 saturated carbocycles. The van der Waals surface area contributed by atoms with Gasteiger partial charge in [0.1, 0.15) is 12.2 Å². The van der Waals surface area contributed by atoms with Gasteiger partial charge in [-0.1, -0.05) is 20.3 Å². The van der Waals surface area contributed by atoms with Gasteiger partial charge >= 0.3 is 0 Å². The highest BCUT2D eigenvalue weighted by Crippen LogP contribution is 2.16. The van der Waals surface area contributed by atoms with Crippen molar-refractivity contribution in [2.75, 3.05) is 26.2 Å². The molecule has 0 spiro atoms. The second kappa shape index (κ2) is 14.1. The predicted molar refractivity (Wildman–Crippen MR) is 128 cm³/mol. The maximum atomic E-state index is 4.81. The van der Waals surface area contributed by atoms with Crippen molar-refractivity contribution >= 4 is 29.9 Å². The average Bonchev–Trinajstić information content (AvgIpc) is 3.13. The number of aliphatic imine (C=N–C) groups is 1. The van der Waals surface area contributed by atoms with Crippen molar-refractivity contribution in [2.24, 2.45) is 4.99 Å². The average molecular weight is 505 g/mol. The molecule has 1 aliphatic rings. The molecule has 1 aromatic heterocycles. The van der Waals surface area contributed by atoms with E-state index in [1.165, 1.54) is 25.8 Å². The van der Waals surface area contributed by atoms with Crippen LogP contribution in [0.2, 0.25) is 0 Å². The second-order valence-corrected chi connectivity index (χ2v) is 7.64. The summed E-state index contributed by atoms with van der Waals surface area (Å²) in [5.74, 6) is 1.95. The number of hydrogen-bond donors (Lipinski definition) is 2. The lowest BCUT2D eigenvalue weighted by Gasteiger charge is -2.33. The summed E-state index contributed by atoms with van der Waals surface area (Å²) in [5, 5.41) is 15.1. The van der Waals surface area contributed by atoms with Gasteiger partial charge in [0, 0.05) is 44.7 Å². The Bertz CT molecular complexity index is 561. The van der Waals surface area contributed by atoms with E-state index in [1.54, 1.807) is 6.33 Å². The topological polar surface area (TPSA) is 70.4 Å². The van der Waals surface area contributed by atoms with Crippen LogP contribution in [-0.2, 0) is 13.0 Å². The Morgan fingerprint density at radius 3 is 2.86 bits per heavy atom. The Hall–Kier alpha value is -0.900. The number of piperidine rings is 1. The third kappa shape index (κ3) is 8.63. The number of likely N-dealkylation sites (tertiary alicyclic amines) is 1. The number of nitrogens with zero attached hydrogens (tertiary/aromatic N) is 5.